The number of benzene rings is 1. The van der Waals surface area contributed by atoms with Crippen LogP contribution in [0.25, 0.3) is 0 Å². The highest BCUT2D eigenvalue weighted by atomic mass is 35.5. The van der Waals surface area contributed by atoms with Gasteiger partial charge in [0.05, 0.1) is 23.7 Å². The second-order valence-corrected chi connectivity index (χ2v) is 14.3. The number of nitrogens with zero attached hydrogens (tertiary/aromatic N) is 5. The average molecular weight is 799 g/mol. The summed E-state index contributed by atoms with van der Waals surface area (Å²) in [6, 6.07) is -0.435. The molecule has 3 saturated heterocycles. The van der Waals surface area contributed by atoms with Gasteiger partial charge < -0.3 is 41.2 Å². The number of carbonyl (C=O) groups is 8. The maximum atomic E-state index is 13.4. The lowest BCUT2D eigenvalue weighted by Crippen LogP contribution is -2.68. The number of carboxylic acid groups (broad SMARTS) is 2. The molecule has 3 aliphatic heterocycles. The molecule has 26 heteroatoms. The number of urea groups is 1. The molecule has 2 aromatic rings. The van der Waals surface area contributed by atoms with E-state index in [0.717, 1.165) is 33.3 Å². The number of phenolic OH excluding ortho intramolecular Hbond substituents is 2. The Morgan fingerprint density at radius 1 is 1.08 bits per heavy atom. The summed E-state index contributed by atoms with van der Waals surface area (Å²) in [5, 5.41) is 45.3. The minimum Gasteiger partial charge on any atom is -0.504 e. The molecule has 4 heterocycles. The van der Waals surface area contributed by atoms with Crippen molar-refractivity contribution in [2.24, 2.45) is 5.16 Å². The van der Waals surface area contributed by atoms with Crippen molar-refractivity contribution in [3.8, 4) is 11.5 Å². The van der Waals surface area contributed by atoms with Crippen LogP contribution >= 0.6 is 34.7 Å². The molecule has 0 unspecified atom stereocenters. The Hall–Kier alpha value is -6.08. The standard InChI is InChI=1S/C27H27ClN10O13S2/c1-26(2,22(46)47)51-35-13(10-7-52-24(29)30-10)17(42)31-14-20(45)36-8-27(23(48)49,53-21(14)36)37-5-6-38(25(37)50)34-19(44)18(43)33-32-16(41)9-3-4-11(39)15(40)12(9)28/h3-4,7,14,21,39-40H,5-6,8H2,1-2H3,(H2,29,30)(H,31,42)(H,32,41)(H,33,43)(H,34,44)(H,46,47)(H,48,49)/b35-13-/t14-,21-,27-/m1/s1. The summed E-state index contributed by atoms with van der Waals surface area (Å²) in [5.74, 6) is -10.1. The van der Waals surface area contributed by atoms with E-state index in [2.05, 4.69) is 15.5 Å². The lowest BCUT2D eigenvalue weighted by molar-refractivity contribution is -0.161. The number of thioether (sulfide) groups is 1. The number of hydrogen-bond acceptors (Lipinski definition) is 16. The molecule has 0 aliphatic carbocycles. The number of carboxylic acids is 2. The molecule has 3 aliphatic rings. The smallest absolute Gasteiger partial charge is 0.350 e. The number of nitrogens with two attached hydrogens (primary N) is 1. The summed E-state index contributed by atoms with van der Waals surface area (Å²) >= 11 is 7.39. The van der Waals surface area contributed by atoms with Gasteiger partial charge in [0.15, 0.2) is 22.3 Å². The van der Waals surface area contributed by atoms with Gasteiger partial charge in [0.1, 0.15) is 17.1 Å². The fraction of sp³-hybridized carbons (Fsp3) is 0.333. The summed E-state index contributed by atoms with van der Waals surface area (Å²) in [7, 11) is 0. The number of rotatable bonds is 10. The Labute approximate surface area is 309 Å². The molecule has 1 aromatic heterocycles. The molecule has 282 valence electrons. The largest absolute Gasteiger partial charge is 0.504 e. The van der Waals surface area contributed by atoms with E-state index >= 15 is 0 Å². The second-order valence-electron chi connectivity index (χ2n) is 11.7. The van der Waals surface area contributed by atoms with Crippen molar-refractivity contribution >= 4 is 93.0 Å². The van der Waals surface area contributed by atoms with Gasteiger partial charge in [-0.25, -0.2) is 24.4 Å². The summed E-state index contributed by atoms with van der Waals surface area (Å²) in [5.41, 5.74) is 8.43. The predicted molar refractivity (Wildman–Crippen MR) is 179 cm³/mol. The number of aliphatic carboxylic acids is 2. The monoisotopic (exact) mass is 798 g/mol. The van der Waals surface area contributed by atoms with Crippen molar-refractivity contribution in [2.45, 2.75) is 35.7 Å². The van der Waals surface area contributed by atoms with Gasteiger partial charge in [0, 0.05) is 11.9 Å². The molecule has 0 saturated carbocycles. The summed E-state index contributed by atoms with van der Waals surface area (Å²) in [4.78, 5) is 110. The van der Waals surface area contributed by atoms with Crippen molar-refractivity contribution in [1.29, 1.82) is 0 Å². The molecule has 5 rings (SSSR count). The number of phenols is 2. The lowest BCUT2D eigenvalue weighted by Gasteiger charge is -2.41. The first kappa shape index (κ1) is 38.2. The fourth-order valence-electron chi connectivity index (χ4n) is 4.93. The summed E-state index contributed by atoms with van der Waals surface area (Å²) in [6.45, 7) is 1.19. The molecule has 53 heavy (non-hydrogen) atoms. The van der Waals surface area contributed by atoms with E-state index in [9.17, 15) is 58.8 Å². The highest BCUT2D eigenvalue weighted by Gasteiger charge is 2.66. The molecular weight excluding hydrogens is 772 g/mol. The lowest BCUT2D eigenvalue weighted by atomic mass is 10.1. The predicted octanol–water partition coefficient (Wildman–Crippen LogP) is -2.22. The minimum atomic E-state index is -2.11. The SMILES string of the molecule is CC(C)(O/N=C(\C(=O)N[C@@H]1C(=O)N2C[C@@](C(=O)O)(N3CCN(NC(=O)C(=O)NNC(=O)c4ccc(O)c(O)c4Cl)C3=O)S[C@H]12)c1csc(N)n1)C(=O)O. The van der Waals surface area contributed by atoms with Gasteiger partial charge in [-0.3, -0.25) is 45.1 Å². The highest BCUT2D eigenvalue weighted by Crippen LogP contribution is 2.49. The molecule has 1 aromatic carbocycles. The zero-order chi connectivity index (χ0) is 39.2. The van der Waals surface area contributed by atoms with Crippen molar-refractivity contribution in [3.63, 3.8) is 0 Å². The Bertz CT molecular complexity index is 1990. The van der Waals surface area contributed by atoms with E-state index in [4.69, 9.17) is 22.2 Å². The van der Waals surface area contributed by atoms with Crippen LogP contribution < -0.4 is 27.3 Å². The molecule has 10 N–H and O–H groups in total. The number of thiazole rings is 1. The van der Waals surface area contributed by atoms with Crippen LogP contribution in [-0.2, 0) is 33.6 Å². The van der Waals surface area contributed by atoms with E-state index in [1.165, 1.54) is 19.2 Å². The number of anilines is 1. The Kier molecular flexibility index (Phi) is 10.2. The Morgan fingerprint density at radius 3 is 2.40 bits per heavy atom. The number of aromatic hydroxyl groups is 2. The normalized spacial score (nSPS) is 21.0. The molecule has 0 radical (unpaired) electrons. The number of carbonyl (C=O) groups excluding carboxylic acids is 6. The van der Waals surface area contributed by atoms with Crippen LogP contribution in [0.3, 0.4) is 0 Å². The highest BCUT2D eigenvalue weighted by molar-refractivity contribution is 8.02. The third kappa shape index (κ3) is 7.07. The third-order valence-corrected chi connectivity index (χ3v) is 10.6. The van der Waals surface area contributed by atoms with Crippen molar-refractivity contribution in [1.82, 2.24) is 41.4 Å². The van der Waals surface area contributed by atoms with Crippen LogP contribution in [0.1, 0.15) is 29.9 Å². The number of halogens is 1. The first-order valence-electron chi connectivity index (χ1n) is 14.7. The van der Waals surface area contributed by atoms with Gasteiger partial charge in [0.2, 0.25) is 16.4 Å². The third-order valence-electron chi connectivity index (χ3n) is 7.84. The van der Waals surface area contributed by atoms with Crippen LogP contribution in [0.4, 0.5) is 9.93 Å². The number of aromatic nitrogens is 1. The molecule has 23 nitrogen and oxygen atoms in total. The van der Waals surface area contributed by atoms with Gasteiger partial charge in [-0.15, -0.1) is 11.3 Å². The van der Waals surface area contributed by atoms with E-state index in [1.807, 2.05) is 10.9 Å². The van der Waals surface area contributed by atoms with Crippen molar-refractivity contribution in [3.05, 3.63) is 33.8 Å². The Morgan fingerprint density at radius 2 is 1.77 bits per heavy atom. The van der Waals surface area contributed by atoms with Gasteiger partial charge in [-0.2, -0.15) is 0 Å². The molecular formula is C27H27ClN10O13S2. The first-order chi connectivity index (χ1) is 24.8. The van der Waals surface area contributed by atoms with E-state index in [1.54, 1.807) is 5.43 Å². The molecule has 0 bridgehead atoms. The van der Waals surface area contributed by atoms with Crippen molar-refractivity contribution in [2.75, 3.05) is 25.4 Å². The maximum absolute atomic E-state index is 13.4. The summed E-state index contributed by atoms with van der Waals surface area (Å²) in [6.07, 6.45) is 0. The van der Waals surface area contributed by atoms with Gasteiger partial charge in [-0.05, 0) is 26.0 Å². The van der Waals surface area contributed by atoms with Crippen LogP contribution in [-0.4, -0.2) is 135 Å². The second kappa shape index (κ2) is 14.2. The van der Waals surface area contributed by atoms with Crippen LogP contribution in [0.15, 0.2) is 22.7 Å². The van der Waals surface area contributed by atoms with Gasteiger partial charge in [-0.1, -0.05) is 28.5 Å². The number of hydrogen-bond donors (Lipinski definition) is 9. The number of β-lactam (4-membered cyclic amide) rings is 1. The number of nitrogens with one attached hydrogen (secondary N) is 4. The minimum absolute atomic E-state index is 0.0345. The van der Waals surface area contributed by atoms with E-state index < -0.39 is 98.2 Å². The zero-order valence-electron chi connectivity index (χ0n) is 27.0. The fourth-order valence-corrected chi connectivity index (χ4v) is 7.36. The number of fused-ring (bicyclic) bond motifs is 1. The first-order valence-corrected chi connectivity index (χ1v) is 16.9. The topological polar surface area (TPSA) is 336 Å². The molecule has 7 amide bonds. The van der Waals surface area contributed by atoms with Crippen LogP contribution in [0.2, 0.25) is 5.02 Å². The quantitative estimate of drug-likeness (QED) is 0.0404. The van der Waals surface area contributed by atoms with Crippen molar-refractivity contribution < 1.29 is 63.6 Å². The molecule has 0 spiro atoms. The van der Waals surface area contributed by atoms with E-state index in [-0.39, 0.29) is 29.5 Å². The average Bonchev–Trinajstić information content (AvgIpc) is 3.80. The number of nitrogen functional groups attached to an aromatic ring is 1. The number of hydrazine groups is 2. The maximum Gasteiger partial charge on any atom is 0.350 e. The number of oxime groups is 1. The van der Waals surface area contributed by atoms with Crippen LogP contribution in [0, 0.1) is 0 Å². The van der Waals surface area contributed by atoms with E-state index in [0.29, 0.717) is 16.8 Å². The number of amides is 7. The van der Waals surface area contributed by atoms with Gasteiger partial charge >= 0.3 is 29.8 Å². The molecule has 3 atom stereocenters. The zero-order valence-corrected chi connectivity index (χ0v) is 29.4. The van der Waals surface area contributed by atoms with Crippen LogP contribution in [0.5, 0.6) is 11.5 Å². The molecule has 3 fully saturated rings. The Balaban J connectivity index is 1.23. The summed E-state index contributed by atoms with van der Waals surface area (Å²) < 4.78 is 0. The van der Waals surface area contributed by atoms with Gasteiger partial charge in [0.25, 0.3) is 11.8 Å².